The molecule has 3 nitrogen and oxygen atoms in total. The van der Waals surface area contributed by atoms with Crippen LogP contribution in [0, 0.1) is 5.41 Å². The van der Waals surface area contributed by atoms with Crippen LogP contribution in [0.1, 0.15) is 81.4 Å². The topological polar surface area (TPSA) is 37.4 Å². The fourth-order valence-corrected chi connectivity index (χ4v) is 7.47. The summed E-state index contributed by atoms with van der Waals surface area (Å²) in [4.78, 5) is 2.56. The molecule has 0 spiro atoms. The molecule has 1 aliphatic heterocycles. The summed E-state index contributed by atoms with van der Waals surface area (Å²) in [5.41, 5.74) is 4.05. The van der Waals surface area contributed by atoms with Crippen molar-refractivity contribution in [3.05, 3.63) is 59.2 Å². The molecule has 0 saturated heterocycles. The Labute approximate surface area is 196 Å². The Hall–Kier alpha value is -1.75. The van der Waals surface area contributed by atoms with Crippen molar-refractivity contribution in [3.8, 4) is 0 Å². The number of sulfone groups is 1. The number of nitrogens with zero attached hydrogens (tertiary/aromatic N) is 1. The Bertz CT molecular complexity index is 1010. The van der Waals surface area contributed by atoms with Gasteiger partial charge in [0.2, 0.25) is 0 Å². The molecule has 2 radical (unpaired) electrons. The van der Waals surface area contributed by atoms with Crippen LogP contribution in [0.15, 0.2) is 47.4 Å². The van der Waals surface area contributed by atoms with Gasteiger partial charge in [0.15, 0.2) is 9.84 Å². The van der Waals surface area contributed by atoms with E-state index in [9.17, 15) is 8.42 Å². The minimum atomic E-state index is -3.39. The maximum Gasteiger partial charge on any atom is 0.179 e. The summed E-state index contributed by atoms with van der Waals surface area (Å²) in [5, 5.41) is 0. The summed E-state index contributed by atoms with van der Waals surface area (Å²) in [5.74, 6) is 0.295. The van der Waals surface area contributed by atoms with Gasteiger partial charge in [0, 0.05) is 25.7 Å². The average Bonchev–Trinajstić information content (AvgIpc) is 2.88. The van der Waals surface area contributed by atoms with E-state index in [1.54, 1.807) is 0 Å². The van der Waals surface area contributed by atoms with Gasteiger partial charge in [-0.25, -0.2) is 8.42 Å². The predicted octanol–water partition coefficient (Wildman–Crippen LogP) is 6.10. The SMILES string of the molecule is [B]Cc1cccc(C2CC(CCCC)(CCCC)CS(=O)(=O)c3ccc(N(C)C)cc32)c1. The lowest BCUT2D eigenvalue weighted by molar-refractivity contribution is 0.230. The van der Waals surface area contributed by atoms with E-state index in [1.165, 1.54) is 5.56 Å². The maximum absolute atomic E-state index is 13.8. The van der Waals surface area contributed by atoms with Gasteiger partial charge < -0.3 is 4.90 Å². The number of anilines is 1. The monoisotopic (exact) mass is 451 g/mol. The Balaban J connectivity index is 2.24. The first-order valence-electron chi connectivity index (χ1n) is 12.1. The highest BCUT2D eigenvalue weighted by Crippen LogP contribution is 2.49. The minimum Gasteiger partial charge on any atom is -0.378 e. The van der Waals surface area contributed by atoms with Crippen molar-refractivity contribution in [1.29, 1.82) is 0 Å². The van der Waals surface area contributed by atoms with E-state index in [0.717, 1.165) is 61.8 Å². The van der Waals surface area contributed by atoms with Crippen LogP contribution in [-0.2, 0) is 16.2 Å². The van der Waals surface area contributed by atoms with Crippen molar-refractivity contribution in [2.75, 3.05) is 24.7 Å². The van der Waals surface area contributed by atoms with Gasteiger partial charge in [-0.15, -0.1) is 0 Å². The third-order valence-corrected chi connectivity index (χ3v) is 9.10. The zero-order valence-electron chi connectivity index (χ0n) is 20.2. The number of unbranched alkanes of at least 4 members (excludes halogenated alkanes) is 2. The van der Waals surface area contributed by atoms with Crippen LogP contribution in [0.2, 0.25) is 0 Å². The molecular weight excluding hydrogens is 413 g/mol. The molecule has 0 N–H and O–H groups in total. The minimum absolute atomic E-state index is 0.0439. The smallest absolute Gasteiger partial charge is 0.179 e. The molecule has 0 bridgehead atoms. The molecule has 2 aromatic rings. The summed E-state index contributed by atoms with van der Waals surface area (Å²) in [6, 6.07) is 14.3. The van der Waals surface area contributed by atoms with Gasteiger partial charge in [-0.1, -0.05) is 75.7 Å². The number of hydrogen-bond donors (Lipinski definition) is 0. The van der Waals surface area contributed by atoms with Crippen LogP contribution in [0.25, 0.3) is 0 Å². The lowest BCUT2D eigenvalue weighted by Gasteiger charge is -2.35. The largest absolute Gasteiger partial charge is 0.378 e. The van der Waals surface area contributed by atoms with E-state index in [-0.39, 0.29) is 17.1 Å². The van der Waals surface area contributed by atoms with Gasteiger partial charge in [-0.3, -0.25) is 0 Å². The van der Waals surface area contributed by atoms with Crippen LogP contribution in [-0.4, -0.2) is 36.1 Å². The highest BCUT2D eigenvalue weighted by molar-refractivity contribution is 7.91. The molecular formula is C27H38BNO2S. The van der Waals surface area contributed by atoms with Crippen molar-refractivity contribution in [3.63, 3.8) is 0 Å². The molecule has 1 atom stereocenters. The summed E-state index contributed by atoms with van der Waals surface area (Å²) in [6.07, 6.45) is 7.57. The van der Waals surface area contributed by atoms with Crippen molar-refractivity contribution in [1.82, 2.24) is 0 Å². The summed E-state index contributed by atoms with van der Waals surface area (Å²) in [6.45, 7) is 4.39. The van der Waals surface area contributed by atoms with Crippen molar-refractivity contribution in [2.24, 2.45) is 5.41 Å². The summed E-state index contributed by atoms with van der Waals surface area (Å²) in [7, 11) is 6.58. The molecule has 0 saturated carbocycles. The normalized spacial score (nSPS) is 19.2. The predicted molar refractivity (Wildman–Crippen MR) is 137 cm³/mol. The standard InChI is InChI=1S/C27H38BNO2S/c1-5-7-14-27(15-8-6-2)18-25(22-11-9-10-21(16-22)19-28)24-17-23(29(3)4)12-13-26(24)32(30,31)20-27/h9-13,16-17,25H,5-8,14-15,18-20H2,1-4H3. The highest BCUT2D eigenvalue weighted by atomic mass is 32.2. The molecule has 1 unspecified atom stereocenters. The lowest BCUT2D eigenvalue weighted by atomic mass is 9.70. The summed E-state index contributed by atoms with van der Waals surface area (Å²) >= 11 is 0. The van der Waals surface area contributed by atoms with E-state index >= 15 is 0 Å². The first-order valence-corrected chi connectivity index (χ1v) is 13.7. The van der Waals surface area contributed by atoms with Crippen LogP contribution >= 0.6 is 0 Å². The molecule has 1 heterocycles. The van der Waals surface area contributed by atoms with Crippen molar-refractivity contribution < 1.29 is 8.42 Å². The van der Waals surface area contributed by atoms with Gasteiger partial charge in [0.25, 0.3) is 0 Å². The third-order valence-electron chi connectivity index (χ3n) is 7.06. The van der Waals surface area contributed by atoms with E-state index in [0.29, 0.717) is 11.2 Å². The zero-order valence-corrected chi connectivity index (χ0v) is 21.0. The Kier molecular flexibility index (Phi) is 8.13. The summed E-state index contributed by atoms with van der Waals surface area (Å²) < 4.78 is 27.6. The second-order valence-corrected chi connectivity index (χ2v) is 11.7. The zero-order chi connectivity index (χ0) is 23.4. The highest BCUT2D eigenvalue weighted by Gasteiger charge is 2.42. The van der Waals surface area contributed by atoms with Gasteiger partial charge in [-0.05, 0) is 54.0 Å². The second-order valence-electron chi connectivity index (χ2n) is 9.79. The molecule has 3 rings (SSSR count). The van der Waals surface area contributed by atoms with E-state index in [4.69, 9.17) is 7.85 Å². The van der Waals surface area contributed by atoms with Crippen molar-refractivity contribution in [2.45, 2.75) is 75.9 Å². The van der Waals surface area contributed by atoms with Gasteiger partial charge >= 0.3 is 0 Å². The Morgan fingerprint density at radius 2 is 1.72 bits per heavy atom. The van der Waals surface area contributed by atoms with Crippen LogP contribution in [0.4, 0.5) is 5.69 Å². The molecule has 5 heteroatoms. The van der Waals surface area contributed by atoms with Crippen LogP contribution in [0.5, 0.6) is 0 Å². The number of fused-ring (bicyclic) bond motifs is 1. The quantitative estimate of drug-likeness (QED) is 0.433. The molecule has 0 amide bonds. The molecule has 0 fully saturated rings. The Morgan fingerprint density at radius 3 is 2.31 bits per heavy atom. The van der Waals surface area contributed by atoms with Crippen molar-refractivity contribution >= 4 is 23.4 Å². The molecule has 32 heavy (non-hydrogen) atoms. The molecule has 0 aliphatic carbocycles. The fourth-order valence-electron chi connectivity index (χ4n) is 5.26. The maximum atomic E-state index is 13.8. The fraction of sp³-hybridized carbons (Fsp3) is 0.556. The first-order chi connectivity index (χ1) is 15.2. The van der Waals surface area contributed by atoms with Crippen LogP contribution < -0.4 is 4.90 Å². The number of hydrogen-bond acceptors (Lipinski definition) is 3. The molecule has 0 aromatic heterocycles. The van der Waals surface area contributed by atoms with E-state index < -0.39 is 9.84 Å². The van der Waals surface area contributed by atoms with Gasteiger partial charge in [0.05, 0.1) is 18.5 Å². The number of rotatable bonds is 9. The Morgan fingerprint density at radius 1 is 1.03 bits per heavy atom. The van der Waals surface area contributed by atoms with Gasteiger partial charge in [0.1, 0.15) is 0 Å². The average molecular weight is 451 g/mol. The first kappa shape index (κ1) is 24.9. The lowest BCUT2D eigenvalue weighted by Crippen LogP contribution is -2.30. The van der Waals surface area contributed by atoms with Crippen LogP contribution in [0.3, 0.4) is 0 Å². The molecule has 172 valence electrons. The van der Waals surface area contributed by atoms with Gasteiger partial charge in [-0.2, -0.15) is 0 Å². The number of benzene rings is 2. The third kappa shape index (κ3) is 5.42. The molecule has 2 aromatic carbocycles. The van der Waals surface area contributed by atoms with E-state index in [2.05, 4.69) is 44.2 Å². The second kappa shape index (κ2) is 10.5. The van der Waals surface area contributed by atoms with E-state index in [1.807, 2.05) is 31.1 Å². The molecule has 1 aliphatic rings.